The van der Waals surface area contributed by atoms with Crippen LogP contribution in [0, 0.1) is 5.92 Å². The molecule has 2 aromatic carbocycles. The number of carbonyl (C=O) groups excluding carboxylic acids is 2. The molecule has 0 saturated carbocycles. The molecule has 0 N–H and O–H groups in total. The summed E-state index contributed by atoms with van der Waals surface area (Å²) in [5.41, 5.74) is 4.68. The summed E-state index contributed by atoms with van der Waals surface area (Å²) in [5.74, 6) is 0.0201. The Labute approximate surface area is 199 Å². The number of fused-ring (bicyclic) bond motifs is 1. The number of ether oxygens (including phenoxy) is 2. The summed E-state index contributed by atoms with van der Waals surface area (Å²) in [5, 5.41) is 0. The molecule has 33 heavy (non-hydrogen) atoms. The average molecular weight is 465 g/mol. The molecular weight excluding hydrogens is 428 g/mol. The number of esters is 2. The SMILES string of the molecule is CC(C)C1=CCC(C)(C)c2ccc(C(=O)Oc3ccc(C(=O)OCC[Si](C)(C)C)cc3)cc21. The van der Waals surface area contributed by atoms with Crippen LogP contribution in [-0.4, -0.2) is 26.6 Å². The van der Waals surface area contributed by atoms with E-state index < -0.39 is 14.0 Å². The van der Waals surface area contributed by atoms with Gasteiger partial charge in [-0.25, -0.2) is 9.59 Å². The van der Waals surface area contributed by atoms with Gasteiger partial charge in [-0.15, -0.1) is 0 Å². The van der Waals surface area contributed by atoms with Crippen LogP contribution in [0.1, 0.15) is 66.0 Å². The Bertz CT molecular complexity index is 1060. The molecule has 0 radical (unpaired) electrons. The molecule has 1 aliphatic rings. The maximum atomic E-state index is 12.9. The maximum Gasteiger partial charge on any atom is 0.343 e. The van der Waals surface area contributed by atoms with E-state index in [0.29, 0.717) is 29.4 Å². The summed E-state index contributed by atoms with van der Waals surface area (Å²) >= 11 is 0. The van der Waals surface area contributed by atoms with Crippen LogP contribution in [0.25, 0.3) is 5.57 Å². The highest BCUT2D eigenvalue weighted by Gasteiger charge is 2.29. The van der Waals surface area contributed by atoms with Crippen molar-refractivity contribution in [1.82, 2.24) is 0 Å². The molecule has 5 heteroatoms. The molecule has 0 atom stereocenters. The molecule has 0 spiro atoms. The lowest BCUT2D eigenvalue weighted by molar-refractivity contribution is 0.0525. The van der Waals surface area contributed by atoms with Gasteiger partial charge in [0.2, 0.25) is 0 Å². The fraction of sp³-hybridized carbons (Fsp3) is 0.429. The van der Waals surface area contributed by atoms with Gasteiger partial charge < -0.3 is 9.47 Å². The van der Waals surface area contributed by atoms with Crippen LogP contribution in [0.3, 0.4) is 0 Å². The number of benzene rings is 2. The number of hydrogen-bond acceptors (Lipinski definition) is 4. The van der Waals surface area contributed by atoms with E-state index in [2.05, 4.69) is 59.5 Å². The third-order valence-electron chi connectivity index (χ3n) is 6.14. The highest BCUT2D eigenvalue weighted by molar-refractivity contribution is 6.76. The second-order valence-corrected chi connectivity index (χ2v) is 16.6. The first-order valence-corrected chi connectivity index (χ1v) is 15.4. The summed E-state index contributed by atoms with van der Waals surface area (Å²) < 4.78 is 11.0. The molecule has 0 fully saturated rings. The van der Waals surface area contributed by atoms with E-state index in [9.17, 15) is 9.59 Å². The second-order valence-electron chi connectivity index (χ2n) is 11.0. The quantitative estimate of drug-likeness (QED) is 0.249. The van der Waals surface area contributed by atoms with Gasteiger partial charge in [0.05, 0.1) is 17.7 Å². The Morgan fingerprint density at radius 3 is 2.21 bits per heavy atom. The summed E-state index contributed by atoms with van der Waals surface area (Å²) in [7, 11) is -1.25. The molecule has 2 aromatic rings. The first kappa shape index (κ1) is 25.0. The smallest absolute Gasteiger partial charge is 0.343 e. The standard InChI is InChI=1S/C28H36O4Si/c1-19(2)23-14-15-28(3,4)25-13-10-21(18-24(23)25)27(30)32-22-11-8-20(9-12-22)26(29)31-16-17-33(5,6)7/h8-14,18-19H,15-17H2,1-7H3. The molecule has 3 rings (SSSR count). The Hall–Kier alpha value is -2.66. The second kappa shape index (κ2) is 9.68. The summed E-state index contributed by atoms with van der Waals surface area (Å²) in [6.45, 7) is 16.0. The molecule has 1 aliphatic carbocycles. The third-order valence-corrected chi connectivity index (χ3v) is 7.84. The number of allylic oxidation sites excluding steroid dienone is 2. The van der Waals surface area contributed by atoms with E-state index in [1.807, 2.05) is 12.1 Å². The molecule has 0 amide bonds. The van der Waals surface area contributed by atoms with Crippen molar-refractivity contribution in [1.29, 1.82) is 0 Å². The van der Waals surface area contributed by atoms with Gasteiger partial charge in [-0.05, 0) is 76.9 Å². The van der Waals surface area contributed by atoms with Crippen LogP contribution >= 0.6 is 0 Å². The molecule has 0 unspecified atom stereocenters. The fourth-order valence-electron chi connectivity index (χ4n) is 3.99. The molecule has 0 heterocycles. The molecule has 176 valence electrons. The number of hydrogen-bond donors (Lipinski definition) is 0. The van der Waals surface area contributed by atoms with Gasteiger partial charge in [0.1, 0.15) is 5.75 Å². The van der Waals surface area contributed by atoms with Crippen LogP contribution in [-0.2, 0) is 10.2 Å². The zero-order valence-electron chi connectivity index (χ0n) is 21.0. The average Bonchev–Trinajstić information content (AvgIpc) is 2.72. The van der Waals surface area contributed by atoms with Crippen molar-refractivity contribution < 1.29 is 19.1 Å². The van der Waals surface area contributed by atoms with E-state index >= 15 is 0 Å². The molecule has 4 nitrogen and oxygen atoms in total. The Morgan fingerprint density at radius 1 is 0.970 bits per heavy atom. The monoisotopic (exact) mass is 464 g/mol. The summed E-state index contributed by atoms with van der Waals surface area (Å²) in [6.07, 6.45) is 3.29. The van der Waals surface area contributed by atoms with Crippen LogP contribution < -0.4 is 4.74 Å². The topological polar surface area (TPSA) is 52.6 Å². The van der Waals surface area contributed by atoms with Gasteiger partial charge in [-0.2, -0.15) is 0 Å². The van der Waals surface area contributed by atoms with E-state index in [0.717, 1.165) is 18.0 Å². The zero-order valence-corrected chi connectivity index (χ0v) is 22.0. The van der Waals surface area contributed by atoms with Crippen molar-refractivity contribution in [2.75, 3.05) is 6.61 Å². The fourth-order valence-corrected chi connectivity index (χ4v) is 4.70. The van der Waals surface area contributed by atoms with Crippen molar-refractivity contribution in [2.24, 2.45) is 5.92 Å². The minimum atomic E-state index is -1.25. The first-order chi connectivity index (χ1) is 15.4. The largest absolute Gasteiger partial charge is 0.462 e. The lowest BCUT2D eigenvalue weighted by Gasteiger charge is -2.33. The molecule has 0 aliphatic heterocycles. The van der Waals surface area contributed by atoms with E-state index in [1.54, 1.807) is 24.3 Å². The van der Waals surface area contributed by atoms with Crippen molar-refractivity contribution in [3.8, 4) is 5.75 Å². The van der Waals surface area contributed by atoms with Crippen molar-refractivity contribution in [2.45, 2.75) is 65.2 Å². The van der Waals surface area contributed by atoms with Crippen molar-refractivity contribution in [3.05, 3.63) is 70.8 Å². The van der Waals surface area contributed by atoms with E-state index in [-0.39, 0.29) is 11.4 Å². The maximum absolute atomic E-state index is 12.9. The van der Waals surface area contributed by atoms with Gasteiger partial charge in [0.15, 0.2) is 0 Å². The van der Waals surface area contributed by atoms with Gasteiger partial charge >= 0.3 is 11.9 Å². The Balaban J connectivity index is 1.70. The van der Waals surface area contributed by atoms with Crippen LogP contribution in [0.5, 0.6) is 5.75 Å². The minimum absolute atomic E-state index is 0.0374. The van der Waals surface area contributed by atoms with Crippen molar-refractivity contribution in [3.63, 3.8) is 0 Å². The lowest BCUT2D eigenvalue weighted by atomic mass is 9.71. The van der Waals surface area contributed by atoms with Crippen LogP contribution in [0.4, 0.5) is 0 Å². The van der Waals surface area contributed by atoms with Gasteiger partial charge in [-0.1, -0.05) is 59.5 Å². The Morgan fingerprint density at radius 2 is 1.61 bits per heavy atom. The van der Waals surface area contributed by atoms with E-state index in [1.165, 1.54) is 11.1 Å². The highest BCUT2D eigenvalue weighted by atomic mass is 28.3. The first-order valence-electron chi connectivity index (χ1n) is 11.7. The summed E-state index contributed by atoms with van der Waals surface area (Å²) in [6, 6.07) is 13.3. The number of carbonyl (C=O) groups is 2. The predicted molar refractivity (Wildman–Crippen MR) is 137 cm³/mol. The minimum Gasteiger partial charge on any atom is -0.462 e. The highest BCUT2D eigenvalue weighted by Crippen LogP contribution is 2.41. The number of rotatable bonds is 7. The van der Waals surface area contributed by atoms with Crippen LogP contribution in [0.2, 0.25) is 25.7 Å². The molecule has 0 bridgehead atoms. The van der Waals surface area contributed by atoms with Crippen LogP contribution in [0.15, 0.2) is 48.5 Å². The normalized spacial score (nSPS) is 15.0. The van der Waals surface area contributed by atoms with Crippen molar-refractivity contribution >= 4 is 25.6 Å². The zero-order chi connectivity index (χ0) is 24.4. The molecule has 0 saturated heterocycles. The van der Waals surface area contributed by atoms with E-state index in [4.69, 9.17) is 9.47 Å². The lowest BCUT2D eigenvalue weighted by Crippen LogP contribution is -2.23. The predicted octanol–water partition coefficient (Wildman–Crippen LogP) is 7.12. The van der Waals surface area contributed by atoms with Gasteiger partial charge in [0.25, 0.3) is 0 Å². The van der Waals surface area contributed by atoms with Gasteiger partial charge in [-0.3, -0.25) is 0 Å². The Kier molecular flexibility index (Phi) is 7.32. The summed E-state index contributed by atoms with van der Waals surface area (Å²) in [4.78, 5) is 25.1. The molecular formula is C28H36O4Si. The molecule has 0 aromatic heterocycles. The third kappa shape index (κ3) is 6.23. The van der Waals surface area contributed by atoms with Gasteiger partial charge in [0, 0.05) is 8.07 Å².